The van der Waals surface area contributed by atoms with Gasteiger partial charge >= 0.3 is 0 Å². The van der Waals surface area contributed by atoms with Gasteiger partial charge in [-0.2, -0.15) is 21.3 Å². The van der Waals surface area contributed by atoms with Gasteiger partial charge in [-0.05, 0) is 71.3 Å². The smallest absolute Gasteiger partial charge is 0.244 e. The van der Waals surface area contributed by atoms with Crippen molar-refractivity contribution in [2.45, 2.75) is 17.9 Å². The van der Waals surface area contributed by atoms with Crippen molar-refractivity contribution < 1.29 is 13.2 Å². The molecule has 12 heteroatoms. The number of benzene rings is 2. The molecule has 212 valence electrons. The van der Waals surface area contributed by atoms with Crippen molar-refractivity contribution in [2.24, 2.45) is 0 Å². The van der Waals surface area contributed by atoms with E-state index < -0.39 is 10.0 Å². The van der Waals surface area contributed by atoms with Crippen LogP contribution in [-0.4, -0.2) is 67.4 Å². The number of hydrogen-bond donors (Lipinski definition) is 3. The number of likely N-dealkylation sites (N-methyl/N-ethyl adjacent to an activating group) is 1. The second-order valence-electron chi connectivity index (χ2n) is 10.2. The summed E-state index contributed by atoms with van der Waals surface area (Å²) in [6.45, 7) is 1.85. The Morgan fingerprint density at radius 2 is 1.90 bits per heavy atom. The van der Waals surface area contributed by atoms with Crippen molar-refractivity contribution in [3.63, 3.8) is 0 Å². The molecule has 0 unspecified atom stereocenters. The van der Waals surface area contributed by atoms with Crippen LogP contribution in [0.4, 0.5) is 23.1 Å². The van der Waals surface area contributed by atoms with Crippen molar-refractivity contribution in [1.29, 1.82) is 0 Å². The SMILES string of the molecule is COc1cc2c(cc1Nc1nc(Nc3ccccc3S(=O)(=O)N(C)C)c3c(-c4ccsc4)c[nH]c3n1)CN(C)CC2. The molecule has 0 bridgehead atoms. The Morgan fingerprint density at radius 3 is 2.66 bits per heavy atom. The van der Waals surface area contributed by atoms with Crippen molar-refractivity contribution in [3.05, 3.63) is 70.5 Å². The predicted octanol–water partition coefficient (Wildman–Crippen LogP) is 5.42. The van der Waals surface area contributed by atoms with Crippen LogP contribution in [0.3, 0.4) is 0 Å². The second kappa shape index (κ2) is 10.8. The zero-order valence-corrected chi connectivity index (χ0v) is 24.9. The van der Waals surface area contributed by atoms with Crippen molar-refractivity contribution in [3.8, 4) is 16.9 Å². The normalized spacial score (nSPS) is 13.9. The highest BCUT2D eigenvalue weighted by Gasteiger charge is 2.24. The van der Waals surface area contributed by atoms with Crippen molar-refractivity contribution >= 4 is 55.5 Å². The molecule has 0 saturated carbocycles. The lowest BCUT2D eigenvalue weighted by Crippen LogP contribution is -2.26. The van der Waals surface area contributed by atoms with E-state index in [-0.39, 0.29) is 4.90 Å². The number of hydrogen-bond acceptors (Lipinski definition) is 9. The molecular formula is C29H31N7O3S2. The average molecular weight is 590 g/mol. The van der Waals surface area contributed by atoms with Gasteiger partial charge in [-0.15, -0.1) is 0 Å². The molecule has 10 nitrogen and oxygen atoms in total. The molecule has 0 aliphatic carbocycles. The lowest BCUT2D eigenvalue weighted by Gasteiger charge is -2.26. The van der Waals surface area contributed by atoms with E-state index in [2.05, 4.69) is 45.1 Å². The van der Waals surface area contributed by atoms with E-state index >= 15 is 0 Å². The molecule has 0 atom stereocenters. The van der Waals surface area contributed by atoms with Crippen LogP contribution >= 0.6 is 11.3 Å². The number of nitrogens with one attached hydrogen (secondary N) is 3. The number of sulfonamides is 1. The fourth-order valence-corrected chi connectivity index (χ4v) is 6.76. The Hall–Kier alpha value is -3.97. The number of rotatable bonds is 8. The molecule has 41 heavy (non-hydrogen) atoms. The van der Waals surface area contributed by atoms with Crippen LogP contribution in [-0.2, 0) is 23.0 Å². The summed E-state index contributed by atoms with van der Waals surface area (Å²) >= 11 is 1.60. The number of fused-ring (bicyclic) bond motifs is 2. The molecule has 0 spiro atoms. The number of nitrogens with zero attached hydrogens (tertiary/aromatic N) is 4. The maximum Gasteiger partial charge on any atom is 0.244 e. The van der Waals surface area contributed by atoms with Crippen LogP contribution in [0.2, 0.25) is 0 Å². The zero-order valence-electron chi connectivity index (χ0n) is 23.2. The predicted molar refractivity (Wildman–Crippen MR) is 164 cm³/mol. The highest BCUT2D eigenvalue weighted by atomic mass is 32.2. The van der Waals surface area contributed by atoms with E-state index in [1.165, 1.54) is 29.5 Å². The van der Waals surface area contributed by atoms with Crippen LogP contribution in [0.5, 0.6) is 5.75 Å². The third-order valence-corrected chi connectivity index (χ3v) is 9.79. The van der Waals surface area contributed by atoms with Crippen LogP contribution in [0.15, 0.2) is 64.3 Å². The first-order valence-corrected chi connectivity index (χ1v) is 15.5. The standard InChI is InChI=1S/C29H31N7O3S2/c1-35(2)41(37,38)25-8-6-5-7-22(25)31-28-26-21(19-10-12-40-17-19)15-30-27(26)33-29(34-28)32-23-13-20-16-36(3)11-9-18(20)14-24(23)39-4/h5-8,10,12-15,17H,9,11,16H2,1-4H3,(H3,30,31,32,33,34). The van der Waals surface area contributed by atoms with Gasteiger partial charge in [0.05, 0.1) is 23.9 Å². The number of ether oxygens (including phenoxy) is 1. The van der Waals surface area contributed by atoms with Crippen molar-refractivity contribution in [2.75, 3.05) is 45.4 Å². The molecule has 3 aromatic heterocycles. The number of H-pyrrole nitrogens is 1. The summed E-state index contributed by atoms with van der Waals surface area (Å²) in [6.07, 6.45) is 2.86. The lowest BCUT2D eigenvalue weighted by atomic mass is 9.99. The minimum absolute atomic E-state index is 0.152. The van der Waals surface area contributed by atoms with Gasteiger partial charge in [-0.1, -0.05) is 12.1 Å². The topological polar surface area (TPSA) is 115 Å². The van der Waals surface area contributed by atoms with E-state index in [1.54, 1.807) is 42.7 Å². The van der Waals surface area contributed by atoms with E-state index in [0.717, 1.165) is 41.7 Å². The van der Waals surface area contributed by atoms with Gasteiger partial charge in [-0.25, -0.2) is 12.7 Å². The molecular weight excluding hydrogens is 558 g/mol. The molecule has 5 aromatic rings. The van der Waals surface area contributed by atoms with Gasteiger partial charge < -0.3 is 25.3 Å². The van der Waals surface area contributed by atoms with Gasteiger partial charge in [0.15, 0.2) is 0 Å². The quantitative estimate of drug-likeness (QED) is 0.220. The minimum Gasteiger partial charge on any atom is -0.495 e. The fraction of sp³-hybridized carbons (Fsp3) is 0.241. The van der Waals surface area contributed by atoms with Gasteiger partial charge in [0.25, 0.3) is 0 Å². The average Bonchev–Trinajstić information content (AvgIpc) is 3.63. The molecule has 2 aromatic carbocycles. The molecule has 0 saturated heterocycles. The Morgan fingerprint density at radius 1 is 1.07 bits per heavy atom. The summed E-state index contributed by atoms with van der Waals surface area (Å²) in [7, 11) is 3.08. The van der Waals surface area contributed by atoms with Crippen LogP contribution in [0, 0.1) is 0 Å². The molecule has 1 aliphatic rings. The summed E-state index contributed by atoms with van der Waals surface area (Å²) in [5.74, 6) is 1.52. The minimum atomic E-state index is -3.72. The van der Waals surface area contributed by atoms with Crippen LogP contribution in [0.1, 0.15) is 11.1 Å². The molecule has 6 rings (SSSR count). The number of para-hydroxylation sites is 1. The van der Waals surface area contributed by atoms with E-state index in [9.17, 15) is 8.42 Å². The van der Waals surface area contributed by atoms with E-state index in [1.807, 2.05) is 17.6 Å². The maximum atomic E-state index is 13.1. The maximum absolute atomic E-state index is 13.1. The third kappa shape index (κ3) is 5.15. The summed E-state index contributed by atoms with van der Waals surface area (Å²) in [6, 6.07) is 13.0. The molecule has 3 N–H and O–H groups in total. The zero-order chi connectivity index (χ0) is 28.7. The first kappa shape index (κ1) is 27.2. The number of methoxy groups -OCH3 is 1. The van der Waals surface area contributed by atoms with Gasteiger partial charge in [0, 0.05) is 38.9 Å². The monoisotopic (exact) mass is 589 g/mol. The van der Waals surface area contributed by atoms with Crippen molar-refractivity contribution in [1.82, 2.24) is 24.2 Å². The number of anilines is 4. The Labute approximate surface area is 243 Å². The third-order valence-electron chi connectivity index (χ3n) is 7.23. The van der Waals surface area contributed by atoms with Gasteiger partial charge in [0.1, 0.15) is 22.1 Å². The van der Waals surface area contributed by atoms with Crippen LogP contribution in [0.25, 0.3) is 22.2 Å². The summed E-state index contributed by atoms with van der Waals surface area (Å²) in [5.41, 5.74) is 6.21. The fourth-order valence-electron chi connectivity index (χ4n) is 5.06. The molecule has 0 fully saturated rings. The number of thiophene rings is 1. The second-order valence-corrected chi connectivity index (χ2v) is 13.1. The van der Waals surface area contributed by atoms with Gasteiger partial charge in [-0.3, -0.25) is 0 Å². The highest BCUT2D eigenvalue weighted by Crippen LogP contribution is 2.38. The van der Waals surface area contributed by atoms with E-state index in [4.69, 9.17) is 14.7 Å². The lowest BCUT2D eigenvalue weighted by molar-refractivity contribution is 0.312. The largest absolute Gasteiger partial charge is 0.495 e. The molecule has 0 amide bonds. The summed E-state index contributed by atoms with van der Waals surface area (Å²) in [4.78, 5) is 15.4. The number of aromatic amines is 1. The molecule has 4 heterocycles. The van der Waals surface area contributed by atoms with E-state index in [0.29, 0.717) is 28.9 Å². The summed E-state index contributed by atoms with van der Waals surface area (Å²) in [5, 5.41) is 11.5. The Balaban J connectivity index is 1.48. The Kier molecular flexibility index (Phi) is 7.16. The van der Waals surface area contributed by atoms with Crippen LogP contribution < -0.4 is 15.4 Å². The highest BCUT2D eigenvalue weighted by molar-refractivity contribution is 7.89. The molecule has 0 radical (unpaired) electrons. The first-order valence-electron chi connectivity index (χ1n) is 13.1. The van der Waals surface area contributed by atoms with Gasteiger partial charge in [0.2, 0.25) is 16.0 Å². The summed E-state index contributed by atoms with van der Waals surface area (Å²) < 4.78 is 33.2. The number of aromatic nitrogens is 3. The molecule has 1 aliphatic heterocycles. The first-order chi connectivity index (χ1) is 19.7. The Bertz CT molecular complexity index is 1830.